The molecule has 2 fully saturated rings. The van der Waals surface area contributed by atoms with Crippen LogP contribution < -0.4 is 21.9 Å². The Morgan fingerprint density at radius 3 is 2.52 bits per heavy atom. The number of halogens is 2. The molecule has 1 saturated heterocycles. The van der Waals surface area contributed by atoms with Crippen LogP contribution in [0.2, 0.25) is 0 Å². The van der Waals surface area contributed by atoms with E-state index in [4.69, 9.17) is 5.73 Å². The molecule has 0 amide bonds. The van der Waals surface area contributed by atoms with Crippen LogP contribution in [0.25, 0.3) is 11.0 Å². The van der Waals surface area contributed by atoms with Gasteiger partial charge in [0.15, 0.2) is 17.3 Å². The molecule has 0 bridgehead atoms. The van der Waals surface area contributed by atoms with Crippen molar-refractivity contribution in [2.24, 2.45) is 5.73 Å². The van der Waals surface area contributed by atoms with Crippen molar-refractivity contribution < 1.29 is 8.78 Å². The number of rotatable bonds is 2. The summed E-state index contributed by atoms with van der Waals surface area (Å²) in [5.41, 5.74) is 4.09. The zero-order chi connectivity index (χ0) is 16.3. The number of pyridine rings is 1. The topological polar surface area (TPSA) is 97.0 Å². The Labute approximate surface area is 128 Å². The van der Waals surface area contributed by atoms with E-state index in [-0.39, 0.29) is 23.5 Å². The van der Waals surface area contributed by atoms with Crippen molar-refractivity contribution in [1.29, 1.82) is 0 Å². The average Bonchev–Trinajstić information content (AvgIpc) is 3.23. The second-order valence-electron chi connectivity index (χ2n) is 6.12. The zero-order valence-electron chi connectivity index (χ0n) is 12.2. The summed E-state index contributed by atoms with van der Waals surface area (Å²) in [5.74, 6) is -2.65. The van der Waals surface area contributed by atoms with E-state index < -0.39 is 28.3 Å². The van der Waals surface area contributed by atoms with Crippen LogP contribution in [0.15, 0.2) is 9.59 Å². The number of aromatic amines is 1. The molecule has 1 atom stereocenters. The largest absolute Gasteiger partial charge is 0.352 e. The van der Waals surface area contributed by atoms with Crippen molar-refractivity contribution in [2.45, 2.75) is 31.3 Å². The number of nitrogens with two attached hydrogens (primary N) is 1. The lowest BCUT2D eigenvalue weighted by molar-refractivity contribution is 0.508. The number of nitrogens with zero attached hydrogens (tertiary/aromatic N) is 3. The van der Waals surface area contributed by atoms with Gasteiger partial charge in [-0.05, 0) is 19.3 Å². The fourth-order valence-corrected chi connectivity index (χ4v) is 3.06. The van der Waals surface area contributed by atoms with Crippen molar-refractivity contribution in [3.05, 3.63) is 32.5 Å². The lowest BCUT2D eigenvalue weighted by atomic mass is 10.2. The molecule has 3 heterocycles. The smallest absolute Gasteiger partial charge is 0.330 e. The van der Waals surface area contributed by atoms with E-state index in [1.165, 1.54) is 4.57 Å². The summed E-state index contributed by atoms with van der Waals surface area (Å²) in [6, 6.07) is -0.271. The van der Waals surface area contributed by atoms with Crippen molar-refractivity contribution in [1.82, 2.24) is 14.5 Å². The van der Waals surface area contributed by atoms with E-state index >= 15 is 0 Å². The third kappa shape index (κ3) is 2.14. The molecule has 2 aromatic heterocycles. The van der Waals surface area contributed by atoms with Gasteiger partial charge in [-0.2, -0.15) is 4.39 Å². The lowest BCUT2D eigenvalue weighted by Gasteiger charge is -2.19. The van der Waals surface area contributed by atoms with E-state index in [9.17, 15) is 18.4 Å². The van der Waals surface area contributed by atoms with Crippen LogP contribution >= 0.6 is 0 Å². The summed E-state index contributed by atoms with van der Waals surface area (Å²) in [5, 5.41) is -0.513. The van der Waals surface area contributed by atoms with Gasteiger partial charge >= 0.3 is 5.69 Å². The Bertz CT molecular complexity index is 918. The van der Waals surface area contributed by atoms with Crippen LogP contribution in [0.5, 0.6) is 0 Å². The second kappa shape index (κ2) is 4.85. The number of hydrogen-bond acceptors (Lipinski definition) is 5. The molecule has 9 heteroatoms. The predicted molar refractivity (Wildman–Crippen MR) is 79.6 cm³/mol. The predicted octanol–water partition coefficient (Wildman–Crippen LogP) is 0.235. The van der Waals surface area contributed by atoms with Crippen molar-refractivity contribution in [3.63, 3.8) is 0 Å². The van der Waals surface area contributed by atoms with Crippen LogP contribution in [0.4, 0.5) is 14.6 Å². The number of nitrogens with one attached hydrogen (secondary N) is 1. The van der Waals surface area contributed by atoms with Crippen LogP contribution in [0, 0.1) is 11.6 Å². The molecule has 2 aliphatic rings. The summed E-state index contributed by atoms with van der Waals surface area (Å²) < 4.78 is 30.1. The van der Waals surface area contributed by atoms with Crippen LogP contribution in [0.3, 0.4) is 0 Å². The molecule has 0 spiro atoms. The monoisotopic (exact) mass is 323 g/mol. The zero-order valence-corrected chi connectivity index (χ0v) is 12.2. The van der Waals surface area contributed by atoms with Gasteiger partial charge in [0.1, 0.15) is 5.39 Å². The maximum atomic E-state index is 14.5. The SMILES string of the molecule is NC1CCN(c2nc3c(c(F)c2F)c(=O)[nH]c(=O)n3C2CC2)C1. The van der Waals surface area contributed by atoms with Crippen LogP contribution in [0.1, 0.15) is 25.3 Å². The van der Waals surface area contributed by atoms with Crippen LogP contribution in [-0.4, -0.2) is 33.7 Å². The molecule has 0 aromatic carbocycles. The Hall–Kier alpha value is -2.29. The first-order valence-corrected chi connectivity index (χ1v) is 7.51. The first kappa shape index (κ1) is 14.3. The molecular weight excluding hydrogens is 308 g/mol. The summed E-state index contributed by atoms with van der Waals surface area (Å²) in [7, 11) is 0. The van der Waals surface area contributed by atoms with Crippen molar-refractivity contribution >= 4 is 16.9 Å². The maximum Gasteiger partial charge on any atom is 0.330 e. The summed E-state index contributed by atoms with van der Waals surface area (Å²) in [4.78, 5) is 31.7. The number of anilines is 1. The van der Waals surface area contributed by atoms with E-state index in [0.717, 1.165) is 12.8 Å². The highest BCUT2D eigenvalue weighted by Crippen LogP contribution is 2.36. The van der Waals surface area contributed by atoms with Crippen LogP contribution in [-0.2, 0) is 0 Å². The minimum absolute atomic E-state index is 0.101. The number of fused-ring (bicyclic) bond motifs is 1. The third-order valence-corrected chi connectivity index (χ3v) is 4.37. The Balaban J connectivity index is 2.03. The van der Waals surface area contributed by atoms with Gasteiger partial charge in [0.2, 0.25) is 5.82 Å². The Kier molecular flexibility index (Phi) is 3.02. The van der Waals surface area contributed by atoms with Gasteiger partial charge in [-0.1, -0.05) is 0 Å². The van der Waals surface area contributed by atoms with Crippen molar-refractivity contribution in [2.75, 3.05) is 18.0 Å². The summed E-state index contributed by atoms with van der Waals surface area (Å²) in [6.07, 6.45) is 2.13. The lowest BCUT2D eigenvalue weighted by Crippen LogP contribution is -2.33. The van der Waals surface area contributed by atoms with Crippen molar-refractivity contribution in [3.8, 4) is 0 Å². The van der Waals surface area contributed by atoms with E-state index in [2.05, 4.69) is 4.98 Å². The molecular formula is C14H15F2N5O2. The summed E-state index contributed by atoms with van der Waals surface area (Å²) >= 11 is 0. The molecule has 1 unspecified atom stereocenters. The fourth-order valence-electron chi connectivity index (χ4n) is 3.06. The van der Waals surface area contributed by atoms with Gasteiger partial charge in [-0.15, -0.1) is 0 Å². The summed E-state index contributed by atoms with van der Waals surface area (Å²) in [6.45, 7) is 0.804. The molecule has 3 N–H and O–H groups in total. The standard InChI is InChI=1S/C14H15F2N5O2/c15-9-8-11(21(7-1-2-7)14(23)19-13(8)22)18-12(10(9)16)20-4-3-6(17)5-20/h6-7H,1-5,17H2,(H,19,22,23). The van der Waals surface area contributed by atoms with E-state index in [1.54, 1.807) is 4.90 Å². The van der Waals surface area contributed by atoms with E-state index in [0.29, 0.717) is 19.5 Å². The molecule has 1 saturated carbocycles. The second-order valence-corrected chi connectivity index (χ2v) is 6.12. The molecule has 4 rings (SSSR count). The number of hydrogen-bond donors (Lipinski definition) is 2. The minimum Gasteiger partial charge on any atom is -0.352 e. The van der Waals surface area contributed by atoms with Gasteiger partial charge in [-0.25, -0.2) is 14.2 Å². The van der Waals surface area contributed by atoms with Gasteiger partial charge in [-0.3, -0.25) is 14.3 Å². The quantitative estimate of drug-likeness (QED) is 0.825. The molecule has 0 radical (unpaired) electrons. The van der Waals surface area contributed by atoms with Gasteiger partial charge in [0, 0.05) is 25.2 Å². The highest BCUT2D eigenvalue weighted by molar-refractivity contribution is 5.77. The van der Waals surface area contributed by atoms with Gasteiger partial charge in [0.25, 0.3) is 5.56 Å². The number of H-pyrrole nitrogens is 1. The normalized spacial score (nSPS) is 21.3. The molecule has 1 aliphatic carbocycles. The molecule has 7 nitrogen and oxygen atoms in total. The first-order valence-electron chi connectivity index (χ1n) is 7.51. The third-order valence-electron chi connectivity index (χ3n) is 4.37. The molecule has 1 aliphatic heterocycles. The highest BCUT2D eigenvalue weighted by Gasteiger charge is 2.32. The number of aromatic nitrogens is 3. The first-order chi connectivity index (χ1) is 11.0. The fraction of sp³-hybridized carbons (Fsp3) is 0.500. The Morgan fingerprint density at radius 2 is 1.91 bits per heavy atom. The Morgan fingerprint density at radius 1 is 1.17 bits per heavy atom. The maximum absolute atomic E-state index is 14.5. The molecule has 122 valence electrons. The van der Waals surface area contributed by atoms with E-state index in [1.807, 2.05) is 4.98 Å². The highest BCUT2D eigenvalue weighted by atomic mass is 19.2. The average molecular weight is 323 g/mol. The van der Waals surface area contributed by atoms with Gasteiger partial charge < -0.3 is 10.6 Å². The molecule has 2 aromatic rings. The minimum atomic E-state index is -1.28. The van der Waals surface area contributed by atoms with Gasteiger partial charge in [0.05, 0.1) is 0 Å². The molecule has 23 heavy (non-hydrogen) atoms.